The molecule has 1 saturated heterocycles. The van der Waals surface area contributed by atoms with Crippen LogP contribution < -0.4 is 10.0 Å². The van der Waals surface area contributed by atoms with Crippen molar-refractivity contribution in [2.75, 3.05) is 39.4 Å². The molecule has 0 aliphatic carbocycles. The Balaban J connectivity index is 1.60. The van der Waals surface area contributed by atoms with Crippen molar-refractivity contribution in [3.05, 3.63) is 68.0 Å². The van der Waals surface area contributed by atoms with Crippen molar-refractivity contribution in [1.29, 1.82) is 0 Å². The zero-order valence-corrected chi connectivity index (χ0v) is 18.8. The molecule has 1 aromatic carbocycles. The summed E-state index contributed by atoms with van der Waals surface area (Å²) < 4.78 is 6.24. The fourth-order valence-electron chi connectivity index (χ4n) is 4.07. The zero-order chi connectivity index (χ0) is 21.1. The third-order valence-electron chi connectivity index (χ3n) is 5.57. The molecule has 1 N–H and O–H groups in total. The first kappa shape index (κ1) is 21.2. The summed E-state index contributed by atoms with van der Waals surface area (Å²) in [5.74, 6) is -1.62. The van der Waals surface area contributed by atoms with Gasteiger partial charge < -0.3 is 19.6 Å². The average Bonchev–Trinajstić information content (AvgIpc) is 3.37. The minimum Gasteiger partial charge on any atom is -0.868 e. The van der Waals surface area contributed by atoms with Crippen molar-refractivity contribution in [2.45, 2.75) is 12.5 Å². The lowest BCUT2D eigenvalue weighted by Gasteiger charge is -2.29. The van der Waals surface area contributed by atoms with E-state index < -0.39 is 17.7 Å². The summed E-state index contributed by atoms with van der Waals surface area (Å²) >= 11 is 4.75. The number of rotatable bonds is 7. The molecule has 4 rings (SSSR count). The third-order valence-corrected chi connectivity index (χ3v) is 6.93. The number of benzene rings is 1. The van der Waals surface area contributed by atoms with E-state index in [2.05, 4.69) is 15.9 Å². The van der Waals surface area contributed by atoms with Crippen LogP contribution in [0.5, 0.6) is 0 Å². The Bertz CT molecular complexity index is 954. The number of nitrogens with zero attached hydrogens (tertiary/aromatic N) is 1. The predicted molar refractivity (Wildman–Crippen MR) is 115 cm³/mol. The number of hydrogen-bond acceptors (Lipinski definition) is 5. The standard InChI is InChI=1S/C22H23BrN2O4S/c23-16-5-1-4-15(14-16)19-18(20(26)17-6-2-13-30-17)21(27)22(28)25(19)8-3-7-24-9-11-29-12-10-24/h1-2,4-6,13-14,19,27H,3,7-12H2. The number of nitrogens with one attached hydrogen (secondary N) is 1. The summed E-state index contributed by atoms with van der Waals surface area (Å²) in [5, 5.41) is 14.7. The summed E-state index contributed by atoms with van der Waals surface area (Å²) in [6.45, 7) is 4.76. The largest absolute Gasteiger partial charge is 0.868 e. The second-order valence-electron chi connectivity index (χ2n) is 7.47. The van der Waals surface area contributed by atoms with Gasteiger partial charge in [-0.3, -0.25) is 9.59 Å². The number of morpholine rings is 1. The normalized spacial score (nSPS) is 20.2. The number of thiophene rings is 1. The van der Waals surface area contributed by atoms with E-state index >= 15 is 0 Å². The number of halogens is 1. The van der Waals surface area contributed by atoms with Gasteiger partial charge in [-0.15, -0.1) is 11.3 Å². The number of quaternary nitrogens is 1. The van der Waals surface area contributed by atoms with Crippen LogP contribution in [-0.2, 0) is 9.53 Å². The van der Waals surface area contributed by atoms with Gasteiger partial charge in [0.1, 0.15) is 13.1 Å². The lowest BCUT2D eigenvalue weighted by Crippen LogP contribution is -3.14. The molecule has 1 aromatic heterocycles. The number of amides is 1. The van der Waals surface area contributed by atoms with Crippen LogP contribution in [0.2, 0.25) is 0 Å². The fourth-order valence-corrected chi connectivity index (χ4v) is 5.17. The summed E-state index contributed by atoms with van der Waals surface area (Å²) in [4.78, 5) is 29.5. The molecule has 2 aliphatic rings. The van der Waals surface area contributed by atoms with Gasteiger partial charge in [-0.2, -0.15) is 0 Å². The topological polar surface area (TPSA) is 74.1 Å². The van der Waals surface area contributed by atoms with Gasteiger partial charge in [0.25, 0.3) is 0 Å². The number of carbonyl (C=O) groups is 2. The first-order valence-corrected chi connectivity index (χ1v) is 11.7. The molecular weight excluding hydrogens is 468 g/mol. The maximum Gasteiger partial charge on any atom is 0.239 e. The van der Waals surface area contributed by atoms with E-state index in [1.165, 1.54) is 16.2 Å². The molecule has 1 unspecified atom stereocenters. The van der Waals surface area contributed by atoms with Crippen molar-refractivity contribution in [3.63, 3.8) is 0 Å². The highest BCUT2D eigenvalue weighted by Gasteiger charge is 2.39. The van der Waals surface area contributed by atoms with E-state index in [0.29, 0.717) is 11.4 Å². The number of ether oxygens (including phenoxy) is 1. The molecule has 2 aromatic rings. The highest BCUT2D eigenvalue weighted by molar-refractivity contribution is 9.10. The Kier molecular flexibility index (Phi) is 6.67. The van der Waals surface area contributed by atoms with Gasteiger partial charge in [-0.05, 0) is 34.9 Å². The maximum absolute atomic E-state index is 13.1. The fraction of sp³-hybridized carbons (Fsp3) is 0.364. The van der Waals surface area contributed by atoms with E-state index in [1.807, 2.05) is 24.3 Å². The number of ketones is 1. The van der Waals surface area contributed by atoms with Crippen LogP contribution in [0.4, 0.5) is 0 Å². The summed E-state index contributed by atoms with van der Waals surface area (Å²) in [6.07, 6.45) is 0.763. The second-order valence-corrected chi connectivity index (χ2v) is 9.33. The van der Waals surface area contributed by atoms with Crippen LogP contribution in [0.1, 0.15) is 27.7 Å². The molecule has 3 heterocycles. The molecule has 6 nitrogen and oxygen atoms in total. The van der Waals surface area contributed by atoms with E-state index in [4.69, 9.17) is 4.74 Å². The SMILES string of the molecule is O=C(C1=C([O-])C(=O)N(CCC[NH+]2CCOCC2)C1c1cccc(Br)c1)c1cccs1. The van der Waals surface area contributed by atoms with Crippen LogP contribution in [-0.4, -0.2) is 56.0 Å². The van der Waals surface area contributed by atoms with Crippen molar-refractivity contribution >= 4 is 39.0 Å². The van der Waals surface area contributed by atoms with Crippen molar-refractivity contribution < 1.29 is 24.3 Å². The first-order valence-electron chi connectivity index (χ1n) is 10.0. The molecule has 2 aliphatic heterocycles. The first-order chi connectivity index (χ1) is 14.6. The number of Topliss-reactive ketones (excluding diaryl/α,β-unsaturated/α-hetero) is 1. The van der Waals surface area contributed by atoms with Crippen molar-refractivity contribution in [3.8, 4) is 0 Å². The quantitative estimate of drug-likeness (QED) is 0.591. The minimum absolute atomic E-state index is 0.0549. The van der Waals surface area contributed by atoms with E-state index in [1.54, 1.807) is 22.4 Å². The van der Waals surface area contributed by atoms with Crippen LogP contribution in [0.25, 0.3) is 0 Å². The Morgan fingerprint density at radius 1 is 1.27 bits per heavy atom. The van der Waals surface area contributed by atoms with Gasteiger partial charge in [-0.1, -0.05) is 34.1 Å². The smallest absolute Gasteiger partial charge is 0.239 e. The van der Waals surface area contributed by atoms with Gasteiger partial charge in [0.05, 0.1) is 30.7 Å². The Hall–Kier alpha value is -2.00. The molecule has 158 valence electrons. The van der Waals surface area contributed by atoms with Gasteiger partial charge in [0, 0.05) is 23.0 Å². The summed E-state index contributed by atoms with van der Waals surface area (Å²) in [7, 11) is 0. The molecule has 1 fully saturated rings. The number of hydrogen-bond donors (Lipinski definition) is 1. The lowest BCUT2D eigenvalue weighted by molar-refractivity contribution is -0.908. The highest BCUT2D eigenvalue weighted by Crippen LogP contribution is 2.39. The Morgan fingerprint density at radius 3 is 2.77 bits per heavy atom. The Labute approximate surface area is 187 Å². The van der Waals surface area contributed by atoms with Gasteiger partial charge in [0.15, 0.2) is 0 Å². The third kappa shape index (κ3) is 4.37. The van der Waals surface area contributed by atoms with Crippen LogP contribution in [0, 0.1) is 0 Å². The predicted octanol–water partition coefficient (Wildman–Crippen LogP) is 1.20. The molecule has 0 bridgehead atoms. The van der Waals surface area contributed by atoms with E-state index in [0.717, 1.165) is 49.3 Å². The minimum atomic E-state index is -0.683. The Morgan fingerprint density at radius 2 is 2.07 bits per heavy atom. The van der Waals surface area contributed by atoms with Crippen molar-refractivity contribution in [1.82, 2.24) is 4.90 Å². The molecule has 1 amide bonds. The molecule has 8 heteroatoms. The summed E-state index contributed by atoms with van der Waals surface area (Å²) in [6, 6.07) is 10.3. The lowest BCUT2D eigenvalue weighted by atomic mass is 9.95. The van der Waals surface area contributed by atoms with Gasteiger partial charge in [-0.25, -0.2) is 0 Å². The van der Waals surface area contributed by atoms with E-state index in [9.17, 15) is 14.7 Å². The molecular formula is C22H23BrN2O4S. The maximum atomic E-state index is 13.1. The van der Waals surface area contributed by atoms with Gasteiger partial charge >= 0.3 is 0 Å². The van der Waals surface area contributed by atoms with Crippen molar-refractivity contribution in [2.24, 2.45) is 0 Å². The van der Waals surface area contributed by atoms with Crippen LogP contribution >= 0.6 is 27.3 Å². The van der Waals surface area contributed by atoms with Crippen LogP contribution in [0.3, 0.4) is 0 Å². The zero-order valence-electron chi connectivity index (χ0n) is 16.4. The molecule has 30 heavy (non-hydrogen) atoms. The van der Waals surface area contributed by atoms with Gasteiger partial charge in [0.2, 0.25) is 11.7 Å². The molecule has 0 saturated carbocycles. The molecule has 1 atom stereocenters. The second kappa shape index (κ2) is 9.43. The highest BCUT2D eigenvalue weighted by atomic mass is 79.9. The van der Waals surface area contributed by atoms with E-state index in [-0.39, 0.29) is 11.4 Å². The van der Waals surface area contributed by atoms with Crippen LogP contribution in [0.15, 0.2) is 57.6 Å². The molecule has 0 radical (unpaired) electrons. The monoisotopic (exact) mass is 490 g/mol. The molecule has 0 spiro atoms. The summed E-state index contributed by atoms with van der Waals surface area (Å²) in [5.41, 5.74) is 0.821. The average molecular weight is 491 g/mol. The number of carbonyl (C=O) groups excluding carboxylic acids is 2.